The third-order valence-electron chi connectivity index (χ3n) is 5.31. The van der Waals surface area contributed by atoms with Crippen LogP contribution >= 0.6 is 0 Å². The topological polar surface area (TPSA) is 31.2 Å². The molecule has 1 heterocycles. The van der Waals surface area contributed by atoms with Crippen molar-refractivity contribution in [3.8, 4) is 0 Å². The molecule has 0 saturated carbocycles. The number of esters is 1. The highest BCUT2D eigenvalue weighted by atomic mass is 19.1. The van der Waals surface area contributed by atoms with E-state index >= 15 is 0 Å². The zero-order chi connectivity index (χ0) is 20.7. The first kappa shape index (κ1) is 23.2. The maximum atomic E-state index is 14.2. The number of benzene rings is 1. The summed E-state index contributed by atoms with van der Waals surface area (Å²) < 4.78 is 21.4. The van der Waals surface area contributed by atoms with Crippen LogP contribution in [-0.2, 0) is 17.9 Å². The fraction of sp³-hybridized carbons (Fsp3) is 0.560. The van der Waals surface area contributed by atoms with Gasteiger partial charge in [0.2, 0.25) is 0 Å². The molecule has 160 valence electrons. The van der Waals surface area contributed by atoms with Gasteiger partial charge in [-0.25, -0.2) is 9.18 Å². The molecule has 0 saturated heterocycles. The lowest BCUT2D eigenvalue weighted by atomic mass is 10.1. The summed E-state index contributed by atoms with van der Waals surface area (Å²) in [5.41, 5.74) is 1.44. The molecular formula is C25H36FNO2. The number of carbonyl (C=O) groups is 1. The van der Waals surface area contributed by atoms with Crippen LogP contribution in [0.3, 0.4) is 0 Å². The third-order valence-corrected chi connectivity index (χ3v) is 5.31. The Morgan fingerprint density at radius 1 is 0.931 bits per heavy atom. The molecule has 0 fully saturated rings. The Bertz CT molecular complexity index is 683. The van der Waals surface area contributed by atoms with E-state index in [4.69, 9.17) is 4.74 Å². The van der Waals surface area contributed by atoms with Crippen LogP contribution < -0.4 is 0 Å². The Kier molecular flexibility index (Phi) is 11.2. The van der Waals surface area contributed by atoms with Crippen molar-refractivity contribution in [2.75, 3.05) is 0 Å². The van der Waals surface area contributed by atoms with Gasteiger partial charge in [0.15, 0.2) is 0 Å². The lowest BCUT2D eigenvalue weighted by Crippen LogP contribution is -2.14. The summed E-state index contributed by atoms with van der Waals surface area (Å²) in [4.78, 5) is 12.3. The summed E-state index contributed by atoms with van der Waals surface area (Å²) in [5.74, 6) is -0.364. The maximum absolute atomic E-state index is 14.2. The van der Waals surface area contributed by atoms with Crippen LogP contribution in [0.2, 0.25) is 0 Å². The van der Waals surface area contributed by atoms with Crippen LogP contribution in [0.4, 0.5) is 4.39 Å². The van der Waals surface area contributed by atoms with Crippen molar-refractivity contribution < 1.29 is 13.9 Å². The highest BCUT2D eigenvalue weighted by Gasteiger charge is 2.14. The Balaban J connectivity index is 1.63. The summed E-state index contributed by atoms with van der Waals surface area (Å²) >= 11 is 0. The van der Waals surface area contributed by atoms with E-state index in [-0.39, 0.29) is 12.6 Å². The Morgan fingerprint density at radius 2 is 1.62 bits per heavy atom. The minimum atomic E-state index is -0.814. The fourth-order valence-corrected chi connectivity index (χ4v) is 3.51. The summed E-state index contributed by atoms with van der Waals surface area (Å²) in [6, 6.07) is 13.2. The van der Waals surface area contributed by atoms with E-state index < -0.39 is 6.17 Å². The number of halogens is 1. The van der Waals surface area contributed by atoms with Crippen molar-refractivity contribution in [2.45, 2.75) is 90.5 Å². The van der Waals surface area contributed by atoms with Gasteiger partial charge in [-0.15, -0.1) is 0 Å². The first-order valence-corrected chi connectivity index (χ1v) is 11.2. The van der Waals surface area contributed by atoms with Crippen LogP contribution in [0.5, 0.6) is 0 Å². The van der Waals surface area contributed by atoms with Gasteiger partial charge in [0.05, 0.1) is 0 Å². The van der Waals surface area contributed by atoms with E-state index in [9.17, 15) is 9.18 Å². The van der Waals surface area contributed by atoms with Gasteiger partial charge in [0.25, 0.3) is 0 Å². The number of nitrogens with zero attached hydrogens (tertiary/aromatic N) is 1. The van der Waals surface area contributed by atoms with Gasteiger partial charge in [0, 0.05) is 12.7 Å². The highest BCUT2D eigenvalue weighted by Crippen LogP contribution is 2.15. The van der Waals surface area contributed by atoms with Crippen molar-refractivity contribution >= 4 is 5.97 Å². The number of hydrogen-bond donors (Lipinski definition) is 0. The number of rotatable bonds is 15. The van der Waals surface area contributed by atoms with Gasteiger partial charge in [-0.1, -0.05) is 88.6 Å². The summed E-state index contributed by atoms with van der Waals surface area (Å²) in [6.45, 7) is 2.97. The predicted molar refractivity (Wildman–Crippen MR) is 117 cm³/mol. The molecule has 0 aliphatic heterocycles. The van der Waals surface area contributed by atoms with Gasteiger partial charge in [-0.2, -0.15) is 0 Å². The van der Waals surface area contributed by atoms with Crippen molar-refractivity contribution in [3.63, 3.8) is 0 Å². The average Bonchev–Trinajstić information content (AvgIpc) is 3.22. The molecular weight excluding hydrogens is 365 g/mol. The molecule has 1 aromatic carbocycles. The average molecular weight is 402 g/mol. The number of alkyl halides is 1. The highest BCUT2D eigenvalue weighted by molar-refractivity contribution is 5.87. The van der Waals surface area contributed by atoms with E-state index in [1.807, 2.05) is 42.6 Å². The number of hydrogen-bond acceptors (Lipinski definition) is 2. The monoisotopic (exact) mass is 401 g/mol. The van der Waals surface area contributed by atoms with Crippen molar-refractivity contribution in [1.29, 1.82) is 0 Å². The third kappa shape index (κ3) is 9.29. The molecule has 0 spiro atoms. The first-order chi connectivity index (χ1) is 14.2. The quantitative estimate of drug-likeness (QED) is 0.235. The van der Waals surface area contributed by atoms with Gasteiger partial charge in [-0.3, -0.25) is 0 Å². The molecule has 1 unspecified atom stereocenters. The Morgan fingerprint density at radius 3 is 2.34 bits per heavy atom. The number of ether oxygens (including phenoxy) is 1. The number of carbonyl (C=O) groups excluding carboxylic acids is 1. The molecule has 1 aromatic heterocycles. The zero-order valence-corrected chi connectivity index (χ0v) is 17.8. The molecule has 0 radical (unpaired) electrons. The van der Waals surface area contributed by atoms with Gasteiger partial charge >= 0.3 is 5.97 Å². The number of unbranched alkanes of at least 4 members (excludes halogenated alkanes) is 7. The van der Waals surface area contributed by atoms with E-state index in [1.165, 1.54) is 38.5 Å². The Labute approximate surface area is 175 Å². The molecule has 4 heteroatoms. The molecule has 2 aromatic rings. The molecule has 0 aliphatic carbocycles. The standard InChI is InChI=1S/C25H36FNO2/c1-2-3-4-5-6-7-8-12-16-23(26)18-20-27-19-13-17-24(27)25(28)29-21-22-14-10-9-11-15-22/h9-11,13-15,17,19,23H,2-8,12,16,18,20-21H2,1H3. The second kappa shape index (κ2) is 14.0. The molecule has 0 amide bonds. The zero-order valence-electron chi connectivity index (χ0n) is 17.8. The minimum absolute atomic E-state index is 0.245. The van der Waals surface area contributed by atoms with Crippen LogP contribution in [0.15, 0.2) is 48.7 Å². The SMILES string of the molecule is CCCCCCCCCCC(F)CCn1cccc1C(=O)OCc1ccccc1. The molecule has 1 atom stereocenters. The van der Waals surface area contributed by atoms with Crippen LogP contribution in [0.1, 0.15) is 87.2 Å². The summed E-state index contributed by atoms with van der Waals surface area (Å²) in [7, 11) is 0. The molecule has 0 bridgehead atoms. The largest absolute Gasteiger partial charge is 0.456 e. The minimum Gasteiger partial charge on any atom is -0.456 e. The molecule has 0 aliphatic rings. The smallest absolute Gasteiger partial charge is 0.355 e. The van der Waals surface area contributed by atoms with Crippen molar-refractivity contribution in [3.05, 3.63) is 59.9 Å². The van der Waals surface area contributed by atoms with Crippen LogP contribution in [0, 0.1) is 0 Å². The maximum Gasteiger partial charge on any atom is 0.355 e. The molecule has 3 nitrogen and oxygen atoms in total. The van der Waals surface area contributed by atoms with E-state index in [0.29, 0.717) is 25.1 Å². The molecule has 0 N–H and O–H groups in total. The van der Waals surface area contributed by atoms with Crippen LogP contribution in [0.25, 0.3) is 0 Å². The lowest BCUT2D eigenvalue weighted by Gasteiger charge is -2.12. The predicted octanol–water partition coefficient (Wildman–Crippen LogP) is 7.10. The lowest BCUT2D eigenvalue weighted by molar-refractivity contribution is 0.0459. The van der Waals surface area contributed by atoms with Gasteiger partial charge in [0.1, 0.15) is 18.5 Å². The number of aryl methyl sites for hydroxylation is 1. The first-order valence-electron chi connectivity index (χ1n) is 11.2. The fourth-order valence-electron chi connectivity index (χ4n) is 3.51. The van der Waals surface area contributed by atoms with E-state index in [2.05, 4.69) is 6.92 Å². The van der Waals surface area contributed by atoms with E-state index in [1.54, 1.807) is 10.6 Å². The van der Waals surface area contributed by atoms with Gasteiger partial charge in [-0.05, 0) is 30.5 Å². The summed E-state index contributed by atoms with van der Waals surface area (Å²) in [5, 5.41) is 0. The second-order valence-corrected chi connectivity index (χ2v) is 7.80. The Hall–Kier alpha value is -2.10. The van der Waals surface area contributed by atoms with Crippen molar-refractivity contribution in [2.24, 2.45) is 0 Å². The van der Waals surface area contributed by atoms with Crippen LogP contribution in [-0.4, -0.2) is 16.7 Å². The van der Waals surface area contributed by atoms with Gasteiger partial charge < -0.3 is 9.30 Å². The molecule has 29 heavy (non-hydrogen) atoms. The summed E-state index contributed by atoms with van der Waals surface area (Å²) in [6.07, 6.45) is 11.9. The normalized spacial score (nSPS) is 12.1. The van der Waals surface area contributed by atoms with E-state index in [0.717, 1.165) is 18.4 Å². The molecule has 2 rings (SSSR count). The van der Waals surface area contributed by atoms with Crippen molar-refractivity contribution in [1.82, 2.24) is 4.57 Å². The number of aromatic nitrogens is 1. The second-order valence-electron chi connectivity index (χ2n) is 7.80.